The predicted molar refractivity (Wildman–Crippen MR) is 159 cm³/mol. The first kappa shape index (κ1) is 27.7. The van der Waals surface area contributed by atoms with Crippen LogP contribution in [0.1, 0.15) is 31.4 Å². The van der Waals surface area contributed by atoms with E-state index in [1.54, 1.807) is 43.5 Å². The average Bonchev–Trinajstić information content (AvgIpc) is 3.53. The normalized spacial score (nSPS) is 24.5. The number of carbonyl (C=O) groups is 4. The van der Waals surface area contributed by atoms with Crippen molar-refractivity contribution in [2.24, 2.45) is 17.8 Å². The van der Waals surface area contributed by atoms with E-state index in [4.69, 9.17) is 4.74 Å². The zero-order valence-electron chi connectivity index (χ0n) is 24.1. The van der Waals surface area contributed by atoms with E-state index < -0.39 is 35.2 Å². The molecule has 0 aromatic heterocycles. The number of aryl methyl sites for hydroxylation is 1. The van der Waals surface area contributed by atoms with Crippen LogP contribution >= 0.6 is 0 Å². The summed E-state index contributed by atoms with van der Waals surface area (Å²) in [6.45, 7) is 5.83. The van der Waals surface area contributed by atoms with Crippen LogP contribution in [0.2, 0.25) is 0 Å². The molecule has 4 amide bonds. The number of nitrogens with zero attached hydrogens (tertiary/aromatic N) is 2. The molecule has 3 aromatic carbocycles. The largest absolute Gasteiger partial charge is 0.497 e. The van der Waals surface area contributed by atoms with Gasteiger partial charge in [-0.15, -0.1) is 0 Å². The Morgan fingerprint density at radius 2 is 1.67 bits per heavy atom. The lowest BCUT2D eigenvalue weighted by molar-refractivity contribution is -0.132. The van der Waals surface area contributed by atoms with Crippen LogP contribution in [-0.2, 0) is 24.7 Å². The minimum Gasteiger partial charge on any atom is -0.497 e. The van der Waals surface area contributed by atoms with E-state index >= 15 is 0 Å². The molecule has 2 fully saturated rings. The molecular weight excluding hydrogens is 532 g/mol. The first-order valence-corrected chi connectivity index (χ1v) is 14.2. The van der Waals surface area contributed by atoms with Gasteiger partial charge in [-0.05, 0) is 61.7 Å². The number of ether oxygens (including phenoxy) is 1. The lowest BCUT2D eigenvalue weighted by atomic mass is 9.76. The third-order valence-corrected chi connectivity index (χ3v) is 8.56. The number of benzene rings is 3. The van der Waals surface area contributed by atoms with Gasteiger partial charge in [0.25, 0.3) is 5.91 Å². The van der Waals surface area contributed by atoms with Gasteiger partial charge < -0.3 is 15.0 Å². The average molecular weight is 567 g/mol. The van der Waals surface area contributed by atoms with E-state index in [9.17, 15) is 19.2 Å². The summed E-state index contributed by atoms with van der Waals surface area (Å²) < 4.78 is 5.26. The van der Waals surface area contributed by atoms with Crippen LogP contribution in [0.5, 0.6) is 5.75 Å². The van der Waals surface area contributed by atoms with Gasteiger partial charge in [-0.3, -0.25) is 24.5 Å². The van der Waals surface area contributed by atoms with Gasteiger partial charge in [0.2, 0.25) is 17.7 Å². The Morgan fingerprint density at radius 1 is 0.976 bits per heavy atom. The highest BCUT2D eigenvalue weighted by atomic mass is 16.5. The number of carbonyl (C=O) groups excluding carboxylic acids is 4. The topological polar surface area (TPSA) is 108 Å². The maximum absolute atomic E-state index is 14.6. The lowest BCUT2D eigenvalue weighted by Gasteiger charge is -2.31. The van der Waals surface area contributed by atoms with Gasteiger partial charge in [-0.2, -0.15) is 0 Å². The van der Waals surface area contributed by atoms with Crippen molar-refractivity contribution in [2.75, 3.05) is 28.8 Å². The molecule has 1 spiro atoms. The van der Waals surface area contributed by atoms with Crippen molar-refractivity contribution >= 4 is 40.7 Å². The number of hydrogen-bond donors (Lipinski definition) is 2. The maximum Gasteiger partial charge on any atom is 0.253 e. The molecule has 0 unspecified atom stereocenters. The van der Waals surface area contributed by atoms with Crippen molar-refractivity contribution in [3.05, 3.63) is 83.9 Å². The van der Waals surface area contributed by atoms with E-state index in [-0.39, 0.29) is 24.3 Å². The summed E-state index contributed by atoms with van der Waals surface area (Å²) in [5, 5.41) is 6.37. The van der Waals surface area contributed by atoms with Gasteiger partial charge in [0.15, 0.2) is 0 Å². The van der Waals surface area contributed by atoms with Crippen molar-refractivity contribution in [1.82, 2.24) is 5.32 Å². The van der Waals surface area contributed by atoms with Crippen molar-refractivity contribution in [1.29, 1.82) is 0 Å². The van der Waals surface area contributed by atoms with E-state index in [0.29, 0.717) is 34.8 Å². The number of amides is 4. The molecule has 3 aliphatic heterocycles. The number of methoxy groups -OCH3 is 1. The monoisotopic (exact) mass is 566 g/mol. The summed E-state index contributed by atoms with van der Waals surface area (Å²) >= 11 is 0. The van der Waals surface area contributed by atoms with Crippen molar-refractivity contribution in [2.45, 2.75) is 38.8 Å². The molecular formula is C33H34N4O5. The van der Waals surface area contributed by atoms with Gasteiger partial charge in [0, 0.05) is 23.0 Å². The molecule has 2 N–H and O–H groups in total. The minimum atomic E-state index is -1.47. The molecule has 3 aliphatic rings. The number of fused-ring (bicyclic) bond motifs is 4. The first-order chi connectivity index (χ1) is 20.1. The highest BCUT2D eigenvalue weighted by Gasteiger charge is 2.71. The summed E-state index contributed by atoms with van der Waals surface area (Å²) in [4.78, 5) is 58.7. The smallest absolute Gasteiger partial charge is 0.253 e. The number of anilines is 3. The summed E-state index contributed by atoms with van der Waals surface area (Å²) in [7, 11) is 1.55. The molecule has 6 rings (SSSR count). The molecule has 0 bridgehead atoms. The summed E-state index contributed by atoms with van der Waals surface area (Å²) in [5.41, 5.74) is 1.82. The van der Waals surface area contributed by atoms with Crippen LogP contribution < -0.4 is 25.2 Å². The molecule has 3 heterocycles. The number of rotatable bonds is 7. The van der Waals surface area contributed by atoms with E-state index in [1.807, 2.05) is 43.3 Å². The quantitative estimate of drug-likeness (QED) is 0.419. The number of hydrogen-bond acceptors (Lipinski definition) is 6. The molecule has 216 valence electrons. The first-order valence-electron chi connectivity index (χ1n) is 14.2. The summed E-state index contributed by atoms with van der Waals surface area (Å²) in [6.07, 6.45) is 0.599. The second-order valence-corrected chi connectivity index (χ2v) is 11.7. The van der Waals surface area contributed by atoms with Gasteiger partial charge in [0.1, 0.15) is 17.8 Å². The molecule has 42 heavy (non-hydrogen) atoms. The Bertz CT molecular complexity index is 1570. The van der Waals surface area contributed by atoms with Crippen LogP contribution in [0.15, 0.2) is 72.8 Å². The van der Waals surface area contributed by atoms with E-state index in [2.05, 4.69) is 24.5 Å². The van der Waals surface area contributed by atoms with Crippen LogP contribution in [0.3, 0.4) is 0 Å². The SMILES string of the molecule is COc1ccc(N2C(=O)[C@@H]3[C@H](CC(C)C)N[C@]4(C(=O)N(CC(=O)Nc5ccc(C)cc5)c5ccccc54)[C@H]3C2=O)cc1. The number of nitrogens with one attached hydrogen (secondary N) is 2. The second kappa shape index (κ2) is 10.4. The number of imide groups is 1. The standard InChI is InChI=1S/C33H34N4O5/c1-19(2)17-25-28-29(31(40)37(30(28)39)22-13-15-23(42-4)16-14-22)33(35-25)24-7-5-6-8-26(24)36(32(33)41)18-27(38)34-21-11-9-20(3)10-12-21/h5-16,19,25,28-29,35H,17-18H2,1-4H3,(H,34,38)/t25-,28+,29+,33-/m0/s1. The minimum absolute atomic E-state index is 0.208. The van der Waals surface area contributed by atoms with Gasteiger partial charge in [0.05, 0.1) is 24.6 Å². The molecule has 0 saturated carbocycles. The molecule has 9 heteroatoms. The fourth-order valence-corrected chi connectivity index (χ4v) is 6.78. The fourth-order valence-electron chi connectivity index (χ4n) is 6.78. The fraction of sp³-hybridized carbons (Fsp3) is 0.333. The van der Waals surface area contributed by atoms with Crippen LogP contribution in [0.25, 0.3) is 0 Å². The van der Waals surface area contributed by atoms with Crippen molar-refractivity contribution in [3.8, 4) is 5.75 Å². The van der Waals surface area contributed by atoms with Crippen LogP contribution in [0.4, 0.5) is 17.1 Å². The molecule has 2 saturated heterocycles. The molecule has 0 aliphatic carbocycles. The maximum atomic E-state index is 14.6. The highest BCUT2D eigenvalue weighted by molar-refractivity contribution is 6.26. The Morgan fingerprint density at radius 3 is 2.33 bits per heavy atom. The Balaban J connectivity index is 1.39. The Hall–Kier alpha value is -4.50. The molecule has 9 nitrogen and oxygen atoms in total. The highest BCUT2D eigenvalue weighted by Crippen LogP contribution is 2.55. The summed E-state index contributed by atoms with van der Waals surface area (Å²) in [5.74, 6) is -2.40. The van der Waals surface area contributed by atoms with Gasteiger partial charge in [-0.25, -0.2) is 4.90 Å². The third-order valence-electron chi connectivity index (χ3n) is 8.56. The summed E-state index contributed by atoms with van der Waals surface area (Å²) in [6, 6.07) is 21.0. The second-order valence-electron chi connectivity index (χ2n) is 11.7. The van der Waals surface area contributed by atoms with E-state index in [1.165, 1.54) is 9.80 Å². The number of para-hydroxylation sites is 1. The zero-order chi connectivity index (χ0) is 29.8. The van der Waals surface area contributed by atoms with Crippen molar-refractivity contribution in [3.63, 3.8) is 0 Å². The van der Waals surface area contributed by atoms with Gasteiger partial charge in [-0.1, -0.05) is 49.7 Å². The Kier molecular flexibility index (Phi) is 6.85. The van der Waals surface area contributed by atoms with Crippen LogP contribution in [-0.4, -0.2) is 43.3 Å². The predicted octanol–water partition coefficient (Wildman–Crippen LogP) is 4.01. The zero-order valence-corrected chi connectivity index (χ0v) is 24.1. The molecule has 3 aromatic rings. The Labute approximate surface area is 244 Å². The lowest BCUT2D eigenvalue weighted by Crippen LogP contribution is -2.56. The van der Waals surface area contributed by atoms with Crippen molar-refractivity contribution < 1.29 is 23.9 Å². The third kappa shape index (κ3) is 4.27. The van der Waals surface area contributed by atoms with Gasteiger partial charge >= 0.3 is 0 Å². The molecule has 4 atom stereocenters. The molecule has 0 radical (unpaired) electrons. The van der Waals surface area contributed by atoms with Crippen LogP contribution in [0, 0.1) is 24.7 Å². The van der Waals surface area contributed by atoms with E-state index in [0.717, 1.165) is 5.56 Å².